The second-order valence-corrected chi connectivity index (χ2v) is 9.08. The van der Waals surface area contributed by atoms with Crippen molar-refractivity contribution in [3.05, 3.63) is 87.3 Å². The first-order chi connectivity index (χ1) is 15.9. The third kappa shape index (κ3) is 5.53. The number of carbonyl (C=O) groups is 1. The lowest BCUT2D eigenvalue weighted by Gasteiger charge is -2.26. The first-order valence-electron chi connectivity index (χ1n) is 11.7. The minimum Gasteiger partial charge on any atom is -0.354 e. The molecule has 1 aliphatic rings. The highest BCUT2D eigenvalue weighted by molar-refractivity contribution is 6.30. The maximum atomic E-state index is 13.1. The minimum atomic E-state index is 0.107. The van der Waals surface area contributed by atoms with Crippen LogP contribution in [0.5, 0.6) is 0 Å². The molecule has 0 bridgehead atoms. The molecule has 0 aliphatic carbocycles. The van der Waals surface area contributed by atoms with Crippen molar-refractivity contribution in [2.24, 2.45) is 0 Å². The highest BCUT2D eigenvalue weighted by atomic mass is 35.5. The van der Waals surface area contributed by atoms with Crippen LogP contribution in [0.4, 0.5) is 5.82 Å². The van der Waals surface area contributed by atoms with Crippen molar-refractivity contribution in [3.8, 4) is 0 Å². The van der Waals surface area contributed by atoms with Gasteiger partial charge in [-0.3, -0.25) is 4.79 Å². The SMILES string of the molecule is CCc1ccc(C(=O)N2CCCN(c3nc(C)nc(C)c3Cc3ccc(Cl)cc3)CC2)cc1. The summed E-state index contributed by atoms with van der Waals surface area (Å²) in [5.41, 5.74) is 5.32. The summed E-state index contributed by atoms with van der Waals surface area (Å²) in [6, 6.07) is 15.9. The summed E-state index contributed by atoms with van der Waals surface area (Å²) in [6.07, 6.45) is 2.63. The molecule has 1 aromatic heterocycles. The number of hydrogen-bond acceptors (Lipinski definition) is 4. The Balaban J connectivity index is 1.53. The largest absolute Gasteiger partial charge is 0.354 e. The average Bonchev–Trinajstić information content (AvgIpc) is 3.08. The molecule has 0 radical (unpaired) electrons. The van der Waals surface area contributed by atoms with E-state index in [1.165, 1.54) is 11.1 Å². The Hall–Kier alpha value is -2.92. The zero-order valence-corrected chi connectivity index (χ0v) is 20.4. The molecule has 1 fully saturated rings. The smallest absolute Gasteiger partial charge is 0.253 e. The third-order valence-electron chi connectivity index (χ3n) is 6.29. The van der Waals surface area contributed by atoms with Crippen LogP contribution in [0.3, 0.4) is 0 Å². The van der Waals surface area contributed by atoms with Gasteiger partial charge in [-0.15, -0.1) is 0 Å². The maximum absolute atomic E-state index is 13.1. The Morgan fingerprint density at radius 1 is 0.909 bits per heavy atom. The van der Waals surface area contributed by atoms with Crippen LogP contribution in [0, 0.1) is 13.8 Å². The Morgan fingerprint density at radius 3 is 2.30 bits per heavy atom. The Kier molecular flexibility index (Phi) is 7.29. The fourth-order valence-electron chi connectivity index (χ4n) is 4.39. The number of nitrogens with zero attached hydrogens (tertiary/aromatic N) is 4. The van der Waals surface area contributed by atoms with Gasteiger partial charge in [-0.05, 0) is 62.1 Å². The summed E-state index contributed by atoms with van der Waals surface area (Å²) in [5.74, 6) is 1.86. The average molecular weight is 463 g/mol. The number of aromatic nitrogens is 2. The molecule has 0 saturated carbocycles. The van der Waals surface area contributed by atoms with Crippen LogP contribution >= 0.6 is 11.6 Å². The van der Waals surface area contributed by atoms with Gasteiger partial charge >= 0.3 is 0 Å². The van der Waals surface area contributed by atoms with E-state index in [1.807, 2.05) is 48.2 Å². The monoisotopic (exact) mass is 462 g/mol. The fraction of sp³-hybridized carbons (Fsp3) is 0.370. The minimum absolute atomic E-state index is 0.107. The fourth-order valence-corrected chi connectivity index (χ4v) is 4.52. The quantitative estimate of drug-likeness (QED) is 0.519. The van der Waals surface area contributed by atoms with Gasteiger partial charge in [0.15, 0.2) is 0 Å². The predicted octanol–water partition coefficient (Wildman–Crippen LogP) is 5.25. The molecule has 3 aromatic rings. The number of carbonyl (C=O) groups excluding carboxylic acids is 1. The summed E-state index contributed by atoms with van der Waals surface area (Å²) in [6.45, 7) is 9.16. The molecule has 0 spiro atoms. The predicted molar refractivity (Wildman–Crippen MR) is 134 cm³/mol. The summed E-state index contributed by atoms with van der Waals surface area (Å²) in [7, 11) is 0. The standard InChI is InChI=1S/C27H31ClN4O/c1-4-21-6-10-23(11-7-21)27(33)32-15-5-14-31(16-17-32)26-25(19(2)29-20(3)30-26)18-22-8-12-24(28)13-9-22/h6-13H,4-5,14-18H2,1-3H3. The second kappa shape index (κ2) is 10.3. The third-order valence-corrected chi connectivity index (χ3v) is 6.54. The lowest BCUT2D eigenvalue weighted by Crippen LogP contribution is -2.35. The van der Waals surface area contributed by atoms with Crippen LogP contribution in [0.25, 0.3) is 0 Å². The van der Waals surface area contributed by atoms with Gasteiger partial charge in [-0.1, -0.05) is 42.8 Å². The summed E-state index contributed by atoms with van der Waals surface area (Å²) < 4.78 is 0. The highest BCUT2D eigenvalue weighted by Crippen LogP contribution is 2.26. The van der Waals surface area contributed by atoms with Gasteiger partial charge in [0.25, 0.3) is 5.91 Å². The molecule has 5 nitrogen and oxygen atoms in total. The molecule has 6 heteroatoms. The Bertz CT molecular complexity index is 1110. The number of amides is 1. The molecule has 1 amide bonds. The normalized spacial score (nSPS) is 14.3. The van der Waals surface area contributed by atoms with Crippen molar-refractivity contribution in [1.82, 2.24) is 14.9 Å². The molecule has 1 aliphatic heterocycles. The maximum Gasteiger partial charge on any atom is 0.253 e. The first kappa shape index (κ1) is 23.2. The first-order valence-corrected chi connectivity index (χ1v) is 12.0. The van der Waals surface area contributed by atoms with Gasteiger partial charge in [-0.25, -0.2) is 9.97 Å². The van der Waals surface area contributed by atoms with Crippen molar-refractivity contribution in [2.75, 3.05) is 31.1 Å². The van der Waals surface area contributed by atoms with E-state index in [4.69, 9.17) is 16.6 Å². The van der Waals surface area contributed by atoms with Crippen LogP contribution < -0.4 is 4.90 Å². The van der Waals surface area contributed by atoms with E-state index in [1.54, 1.807) is 0 Å². The van der Waals surface area contributed by atoms with Crippen LogP contribution in [0.1, 0.15) is 51.9 Å². The van der Waals surface area contributed by atoms with Crippen LogP contribution in [0.2, 0.25) is 5.02 Å². The van der Waals surface area contributed by atoms with Crippen molar-refractivity contribution in [3.63, 3.8) is 0 Å². The molecule has 2 aromatic carbocycles. The van der Waals surface area contributed by atoms with E-state index in [-0.39, 0.29) is 5.91 Å². The molecular formula is C27H31ClN4O. The molecule has 0 unspecified atom stereocenters. The van der Waals surface area contributed by atoms with Crippen LogP contribution in [-0.4, -0.2) is 47.0 Å². The zero-order chi connectivity index (χ0) is 23.4. The van der Waals surface area contributed by atoms with Gasteiger partial charge in [0, 0.05) is 54.4 Å². The van der Waals surface area contributed by atoms with Crippen LogP contribution in [0.15, 0.2) is 48.5 Å². The molecular weight excluding hydrogens is 432 g/mol. The van der Waals surface area contributed by atoms with Crippen molar-refractivity contribution in [1.29, 1.82) is 0 Å². The van der Waals surface area contributed by atoms with E-state index < -0.39 is 0 Å². The number of anilines is 1. The zero-order valence-electron chi connectivity index (χ0n) is 19.6. The molecule has 0 atom stereocenters. The Labute approximate surface area is 201 Å². The second-order valence-electron chi connectivity index (χ2n) is 8.64. The van der Waals surface area contributed by atoms with E-state index in [0.29, 0.717) is 6.54 Å². The number of rotatable bonds is 5. The topological polar surface area (TPSA) is 49.3 Å². The van der Waals surface area contributed by atoms with Gasteiger partial charge < -0.3 is 9.80 Å². The number of halogens is 1. The molecule has 33 heavy (non-hydrogen) atoms. The van der Waals surface area contributed by atoms with E-state index in [2.05, 4.69) is 35.9 Å². The lowest BCUT2D eigenvalue weighted by atomic mass is 10.0. The van der Waals surface area contributed by atoms with E-state index in [9.17, 15) is 4.79 Å². The van der Waals surface area contributed by atoms with Gasteiger partial charge in [-0.2, -0.15) is 0 Å². The van der Waals surface area contributed by atoms with Gasteiger partial charge in [0.1, 0.15) is 11.6 Å². The Morgan fingerprint density at radius 2 is 1.61 bits per heavy atom. The van der Waals surface area contributed by atoms with E-state index >= 15 is 0 Å². The summed E-state index contributed by atoms with van der Waals surface area (Å²) >= 11 is 6.07. The van der Waals surface area contributed by atoms with Gasteiger partial charge in [0.05, 0.1) is 0 Å². The van der Waals surface area contributed by atoms with Gasteiger partial charge in [0.2, 0.25) is 0 Å². The molecule has 172 valence electrons. The molecule has 4 rings (SSSR count). The van der Waals surface area contributed by atoms with Crippen molar-refractivity contribution in [2.45, 2.75) is 40.0 Å². The molecule has 1 saturated heterocycles. The number of aryl methyl sites for hydroxylation is 3. The highest BCUT2D eigenvalue weighted by Gasteiger charge is 2.23. The summed E-state index contributed by atoms with van der Waals surface area (Å²) in [4.78, 5) is 26.9. The molecule has 0 N–H and O–H groups in total. The van der Waals surface area contributed by atoms with Crippen molar-refractivity contribution >= 4 is 23.3 Å². The van der Waals surface area contributed by atoms with Crippen LogP contribution in [-0.2, 0) is 12.8 Å². The summed E-state index contributed by atoms with van der Waals surface area (Å²) in [5, 5.41) is 0.734. The lowest BCUT2D eigenvalue weighted by molar-refractivity contribution is 0.0767. The van der Waals surface area contributed by atoms with Crippen molar-refractivity contribution < 1.29 is 4.79 Å². The van der Waals surface area contributed by atoms with E-state index in [0.717, 1.165) is 72.4 Å². The molecule has 2 heterocycles. The number of hydrogen-bond donors (Lipinski definition) is 0. The number of benzene rings is 2.